The quantitative estimate of drug-likeness (QED) is 0.362. The number of halogens is 2. The average Bonchev–Trinajstić information content (AvgIpc) is 3.26. The number of hydrogen-bond donors (Lipinski definition) is 0. The minimum atomic E-state index is -4.09. The maximum atomic E-state index is 15.2. The Labute approximate surface area is 182 Å². The fraction of sp³-hybridized carbons (Fsp3) is 0.0909. The van der Waals surface area contributed by atoms with Crippen molar-refractivity contribution < 1.29 is 12.8 Å². The third-order valence-corrected chi connectivity index (χ3v) is 7.10. The summed E-state index contributed by atoms with van der Waals surface area (Å²) in [5.41, 5.74) is 2.60. The van der Waals surface area contributed by atoms with Crippen molar-refractivity contribution in [3.63, 3.8) is 0 Å². The normalized spacial score (nSPS) is 12.1. The molecule has 3 heterocycles. The second-order valence-corrected chi connectivity index (χ2v) is 9.45. The molecule has 5 aromatic rings. The van der Waals surface area contributed by atoms with Crippen LogP contribution in [0, 0.1) is 12.7 Å². The zero-order valence-corrected chi connectivity index (χ0v) is 18.1. The Hall–Kier alpha value is -3.23. The van der Waals surface area contributed by atoms with Gasteiger partial charge < -0.3 is 4.57 Å². The van der Waals surface area contributed by atoms with Gasteiger partial charge in [0.15, 0.2) is 11.5 Å². The largest absolute Gasteiger partial charge is 0.350 e. The number of benzene rings is 2. The minimum absolute atomic E-state index is 0.00330. The van der Waals surface area contributed by atoms with Crippen molar-refractivity contribution in [1.29, 1.82) is 0 Å². The standard InChI is InChI=1S/C22H16ClFN4O2S/c1-13-7-9-14(10-8-13)31(29,30)28-12-17(24)19-20(25-22(23)26-21(19)28)16-11-27(2)18-6-4-3-5-15(16)18/h3-12H,1-2H3. The predicted molar refractivity (Wildman–Crippen MR) is 118 cm³/mol. The number of aryl methyl sites for hydroxylation is 2. The predicted octanol–water partition coefficient (Wildman–Crippen LogP) is 4.93. The highest BCUT2D eigenvalue weighted by atomic mass is 35.5. The Balaban J connectivity index is 1.83. The molecule has 0 N–H and O–H groups in total. The number of fused-ring (bicyclic) bond motifs is 2. The topological polar surface area (TPSA) is 69.8 Å². The molecule has 0 aliphatic heterocycles. The summed E-state index contributed by atoms with van der Waals surface area (Å²) < 4.78 is 44.4. The van der Waals surface area contributed by atoms with Gasteiger partial charge in [0.25, 0.3) is 10.0 Å². The Morgan fingerprint density at radius 2 is 1.71 bits per heavy atom. The molecule has 0 amide bonds. The van der Waals surface area contributed by atoms with Crippen LogP contribution in [-0.4, -0.2) is 26.9 Å². The lowest BCUT2D eigenvalue weighted by molar-refractivity contribution is 0.585. The van der Waals surface area contributed by atoms with E-state index in [1.165, 1.54) is 12.1 Å². The van der Waals surface area contributed by atoms with Gasteiger partial charge in [-0.15, -0.1) is 0 Å². The molecule has 5 rings (SSSR count). The van der Waals surface area contributed by atoms with Crippen LogP contribution in [-0.2, 0) is 17.1 Å². The van der Waals surface area contributed by atoms with Crippen molar-refractivity contribution in [2.24, 2.45) is 7.05 Å². The molecule has 31 heavy (non-hydrogen) atoms. The summed E-state index contributed by atoms with van der Waals surface area (Å²) in [6.07, 6.45) is 2.73. The van der Waals surface area contributed by atoms with Crippen molar-refractivity contribution in [2.45, 2.75) is 11.8 Å². The lowest BCUT2D eigenvalue weighted by Crippen LogP contribution is -2.12. The molecule has 0 unspecified atom stereocenters. The third kappa shape index (κ3) is 3.02. The van der Waals surface area contributed by atoms with Gasteiger partial charge in [-0.25, -0.2) is 21.8 Å². The van der Waals surface area contributed by atoms with E-state index in [4.69, 9.17) is 11.6 Å². The van der Waals surface area contributed by atoms with Crippen LogP contribution in [0.15, 0.2) is 65.8 Å². The molecule has 0 bridgehead atoms. The maximum Gasteiger partial charge on any atom is 0.269 e. The summed E-state index contributed by atoms with van der Waals surface area (Å²) in [5.74, 6) is -0.745. The van der Waals surface area contributed by atoms with E-state index < -0.39 is 15.8 Å². The molecule has 0 radical (unpaired) electrons. The molecule has 9 heteroatoms. The van der Waals surface area contributed by atoms with Gasteiger partial charge >= 0.3 is 0 Å². The zero-order chi connectivity index (χ0) is 21.9. The summed E-state index contributed by atoms with van der Waals surface area (Å²) >= 11 is 6.17. The van der Waals surface area contributed by atoms with E-state index in [0.29, 0.717) is 5.56 Å². The lowest BCUT2D eigenvalue weighted by atomic mass is 10.1. The fourth-order valence-electron chi connectivity index (χ4n) is 3.76. The van der Waals surface area contributed by atoms with Crippen molar-refractivity contribution in [2.75, 3.05) is 0 Å². The van der Waals surface area contributed by atoms with Gasteiger partial charge in [0.05, 0.1) is 22.2 Å². The highest BCUT2D eigenvalue weighted by Gasteiger charge is 2.26. The van der Waals surface area contributed by atoms with Crippen LogP contribution < -0.4 is 0 Å². The van der Waals surface area contributed by atoms with Crippen molar-refractivity contribution in [3.8, 4) is 11.3 Å². The van der Waals surface area contributed by atoms with Crippen molar-refractivity contribution in [3.05, 3.63) is 77.6 Å². The molecule has 2 aromatic carbocycles. The summed E-state index contributed by atoms with van der Waals surface area (Å²) in [4.78, 5) is 8.36. The van der Waals surface area contributed by atoms with Crippen LogP contribution in [0.1, 0.15) is 5.56 Å². The van der Waals surface area contributed by atoms with Crippen molar-refractivity contribution in [1.82, 2.24) is 18.5 Å². The molecule has 0 aliphatic rings. The fourth-order valence-corrected chi connectivity index (χ4v) is 5.23. The van der Waals surface area contributed by atoms with Gasteiger partial charge in [0.1, 0.15) is 0 Å². The lowest BCUT2D eigenvalue weighted by Gasteiger charge is -2.08. The van der Waals surface area contributed by atoms with E-state index in [1.807, 2.05) is 49.0 Å². The molecule has 0 atom stereocenters. The third-order valence-electron chi connectivity index (χ3n) is 5.27. The number of nitrogens with zero attached hydrogens (tertiary/aromatic N) is 4. The van der Waals surface area contributed by atoms with Crippen LogP contribution >= 0.6 is 11.6 Å². The van der Waals surface area contributed by atoms with E-state index in [-0.39, 0.29) is 26.9 Å². The van der Waals surface area contributed by atoms with Gasteiger partial charge in [-0.3, -0.25) is 0 Å². The van der Waals surface area contributed by atoms with Gasteiger partial charge in [0.2, 0.25) is 5.28 Å². The Bertz CT molecular complexity index is 1590. The molecular formula is C22H16ClFN4O2S. The summed E-state index contributed by atoms with van der Waals surface area (Å²) in [6, 6.07) is 13.9. The second kappa shape index (κ2) is 6.90. The van der Waals surface area contributed by atoms with E-state index in [0.717, 1.165) is 26.6 Å². The first kappa shape index (κ1) is 19.7. The van der Waals surface area contributed by atoms with E-state index in [1.54, 1.807) is 12.1 Å². The SMILES string of the molecule is Cc1ccc(S(=O)(=O)n2cc(F)c3c(-c4cn(C)c5ccccc45)nc(Cl)nc32)cc1. The monoisotopic (exact) mass is 454 g/mol. The maximum absolute atomic E-state index is 15.2. The van der Waals surface area contributed by atoms with Crippen LogP contribution in [0.4, 0.5) is 4.39 Å². The van der Waals surface area contributed by atoms with Crippen LogP contribution in [0.2, 0.25) is 5.28 Å². The molecule has 0 fully saturated rings. The van der Waals surface area contributed by atoms with E-state index in [9.17, 15) is 8.42 Å². The average molecular weight is 455 g/mol. The molecule has 0 spiro atoms. The summed E-state index contributed by atoms with van der Waals surface area (Å²) in [6.45, 7) is 1.85. The van der Waals surface area contributed by atoms with Gasteiger partial charge in [0, 0.05) is 29.7 Å². The van der Waals surface area contributed by atoms with Crippen LogP contribution in [0.3, 0.4) is 0 Å². The first-order valence-electron chi connectivity index (χ1n) is 9.38. The number of hydrogen-bond acceptors (Lipinski definition) is 4. The molecule has 0 aliphatic carbocycles. The Morgan fingerprint density at radius 3 is 2.45 bits per heavy atom. The number of rotatable bonds is 3. The van der Waals surface area contributed by atoms with Crippen LogP contribution in [0.25, 0.3) is 33.2 Å². The number of aromatic nitrogens is 4. The van der Waals surface area contributed by atoms with Gasteiger partial charge in [-0.05, 0) is 36.7 Å². The second-order valence-electron chi connectivity index (χ2n) is 7.30. The molecule has 0 saturated carbocycles. The Kier molecular flexibility index (Phi) is 4.39. The molecule has 6 nitrogen and oxygen atoms in total. The first-order valence-corrected chi connectivity index (χ1v) is 11.2. The molecule has 156 valence electrons. The minimum Gasteiger partial charge on any atom is -0.350 e. The first-order chi connectivity index (χ1) is 14.8. The van der Waals surface area contributed by atoms with Gasteiger partial charge in [-0.1, -0.05) is 35.9 Å². The molecule has 0 saturated heterocycles. The molecule has 3 aromatic heterocycles. The van der Waals surface area contributed by atoms with Gasteiger partial charge in [-0.2, -0.15) is 4.98 Å². The summed E-state index contributed by atoms with van der Waals surface area (Å²) in [5, 5.41) is 0.667. The number of para-hydroxylation sites is 1. The zero-order valence-electron chi connectivity index (χ0n) is 16.5. The summed E-state index contributed by atoms with van der Waals surface area (Å²) in [7, 11) is -2.22. The van der Waals surface area contributed by atoms with Crippen molar-refractivity contribution >= 4 is 43.6 Å². The highest BCUT2D eigenvalue weighted by Crippen LogP contribution is 2.36. The van der Waals surface area contributed by atoms with Crippen LogP contribution in [0.5, 0.6) is 0 Å². The molecular weight excluding hydrogens is 439 g/mol. The smallest absolute Gasteiger partial charge is 0.269 e. The Morgan fingerprint density at radius 1 is 1.00 bits per heavy atom. The van der Waals surface area contributed by atoms with E-state index >= 15 is 4.39 Å². The van der Waals surface area contributed by atoms with E-state index in [2.05, 4.69) is 9.97 Å². The highest BCUT2D eigenvalue weighted by molar-refractivity contribution is 7.90.